The van der Waals surface area contributed by atoms with Crippen LogP contribution in [0.5, 0.6) is 0 Å². The van der Waals surface area contributed by atoms with Crippen molar-refractivity contribution in [2.75, 3.05) is 39.0 Å². The number of amides is 2. The summed E-state index contributed by atoms with van der Waals surface area (Å²) in [6.07, 6.45) is 4.59. The minimum absolute atomic E-state index is 0.00887. The molecule has 2 rings (SSSR count). The van der Waals surface area contributed by atoms with E-state index < -0.39 is 0 Å². The van der Waals surface area contributed by atoms with Crippen LogP contribution in [-0.4, -0.2) is 55.1 Å². The third kappa shape index (κ3) is 5.44. The molecular formula is C20H34N4O. The molecule has 0 aromatic heterocycles. The maximum Gasteiger partial charge on any atom is 0.319 e. The number of carbonyl (C=O) groups is 1. The van der Waals surface area contributed by atoms with Gasteiger partial charge >= 0.3 is 6.03 Å². The number of benzene rings is 1. The number of carbonyl (C=O) groups excluding carboxylic acids is 1. The van der Waals surface area contributed by atoms with Gasteiger partial charge in [-0.05, 0) is 70.6 Å². The van der Waals surface area contributed by atoms with E-state index in [2.05, 4.69) is 60.5 Å². The Morgan fingerprint density at radius 3 is 2.48 bits per heavy atom. The number of rotatable bonds is 8. The topological polar surface area (TPSA) is 47.6 Å². The van der Waals surface area contributed by atoms with Crippen molar-refractivity contribution in [1.29, 1.82) is 0 Å². The lowest BCUT2D eigenvalue weighted by Crippen LogP contribution is -2.52. The lowest BCUT2D eigenvalue weighted by atomic mass is 9.91. The largest absolute Gasteiger partial charge is 0.336 e. The van der Waals surface area contributed by atoms with Crippen LogP contribution in [0.25, 0.3) is 0 Å². The van der Waals surface area contributed by atoms with Crippen LogP contribution < -0.4 is 10.6 Å². The monoisotopic (exact) mass is 346 g/mol. The highest BCUT2D eigenvalue weighted by Crippen LogP contribution is 2.20. The SMILES string of the molecule is CCC(CC)(CNC(=O)Nc1cccc(CN2CCCC2)c1)N(C)C. The number of urea groups is 1. The Kier molecular flexibility index (Phi) is 7.26. The summed E-state index contributed by atoms with van der Waals surface area (Å²) < 4.78 is 0. The molecule has 1 aliphatic heterocycles. The summed E-state index contributed by atoms with van der Waals surface area (Å²) >= 11 is 0. The smallest absolute Gasteiger partial charge is 0.319 e. The second kappa shape index (κ2) is 9.20. The summed E-state index contributed by atoms with van der Waals surface area (Å²) in [5.74, 6) is 0. The zero-order chi connectivity index (χ0) is 18.3. The molecule has 5 nitrogen and oxygen atoms in total. The van der Waals surface area contributed by atoms with Gasteiger partial charge in [-0.1, -0.05) is 26.0 Å². The fraction of sp³-hybridized carbons (Fsp3) is 0.650. The number of likely N-dealkylation sites (tertiary alicyclic amines) is 1. The molecule has 1 saturated heterocycles. The first-order chi connectivity index (χ1) is 12.0. The molecule has 0 atom stereocenters. The second-order valence-corrected chi connectivity index (χ2v) is 7.32. The van der Waals surface area contributed by atoms with E-state index in [0.29, 0.717) is 6.54 Å². The van der Waals surface area contributed by atoms with Gasteiger partial charge < -0.3 is 15.5 Å². The van der Waals surface area contributed by atoms with Crippen LogP contribution in [0.3, 0.4) is 0 Å². The molecule has 1 fully saturated rings. The van der Waals surface area contributed by atoms with Crippen molar-refractivity contribution >= 4 is 11.7 Å². The molecule has 1 heterocycles. The molecule has 0 radical (unpaired) electrons. The highest BCUT2D eigenvalue weighted by atomic mass is 16.2. The number of anilines is 1. The number of hydrogen-bond acceptors (Lipinski definition) is 3. The van der Waals surface area contributed by atoms with Crippen molar-refractivity contribution in [1.82, 2.24) is 15.1 Å². The molecule has 1 aliphatic rings. The third-order valence-corrected chi connectivity index (χ3v) is 5.63. The molecule has 1 aromatic carbocycles. The Morgan fingerprint density at radius 2 is 1.88 bits per heavy atom. The molecule has 0 spiro atoms. The molecule has 1 aromatic rings. The van der Waals surface area contributed by atoms with Crippen LogP contribution in [0.2, 0.25) is 0 Å². The van der Waals surface area contributed by atoms with Gasteiger partial charge in [0.25, 0.3) is 0 Å². The van der Waals surface area contributed by atoms with Gasteiger partial charge in [0.15, 0.2) is 0 Å². The molecule has 5 heteroatoms. The Morgan fingerprint density at radius 1 is 1.20 bits per heavy atom. The van der Waals surface area contributed by atoms with E-state index in [4.69, 9.17) is 0 Å². The number of nitrogens with one attached hydrogen (secondary N) is 2. The van der Waals surface area contributed by atoms with Crippen LogP contribution >= 0.6 is 0 Å². The summed E-state index contributed by atoms with van der Waals surface area (Å²) in [6.45, 7) is 8.31. The summed E-state index contributed by atoms with van der Waals surface area (Å²) in [5, 5.41) is 6.03. The average molecular weight is 347 g/mol. The lowest BCUT2D eigenvalue weighted by Gasteiger charge is -2.38. The van der Waals surface area contributed by atoms with E-state index in [0.717, 1.165) is 25.1 Å². The van der Waals surface area contributed by atoms with Gasteiger partial charge in [0.2, 0.25) is 0 Å². The minimum Gasteiger partial charge on any atom is -0.336 e. The van der Waals surface area contributed by atoms with Crippen LogP contribution in [0.4, 0.5) is 10.5 Å². The first kappa shape index (κ1) is 19.7. The van der Waals surface area contributed by atoms with Crippen LogP contribution in [0.1, 0.15) is 45.1 Å². The van der Waals surface area contributed by atoms with Gasteiger partial charge in [-0.3, -0.25) is 4.90 Å². The van der Waals surface area contributed by atoms with Gasteiger partial charge in [0.1, 0.15) is 0 Å². The van der Waals surface area contributed by atoms with E-state index in [9.17, 15) is 4.79 Å². The Labute approximate surface area is 152 Å². The normalized spacial score (nSPS) is 15.6. The number of nitrogens with zero attached hydrogens (tertiary/aromatic N) is 2. The molecular weight excluding hydrogens is 312 g/mol. The number of likely N-dealkylation sites (N-methyl/N-ethyl adjacent to an activating group) is 1. The Hall–Kier alpha value is -1.59. The fourth-order valence-electron chi connectivity index (χ4n) is 3.66. The predicted molar refractivity (Wildman–Crippen MR) is 105 cm³/mol. The third-order valence-electron chi connectivity index (χ3n) is 5.63. The Balaban J connectivity index is 1.89. The van der Waals surface area contributed by atoms with Crippen molar-refractivity contribution in [3.05, 3.63) is 29.8 Å². The molecule has 0 aliphatic carbocycles. The van der Waals surface area contributed by atoms with Crippen molar-refractivity contribution in [2.24, 2.45) is 0 Å². The van der Waals surface area contributed by atoms with Crippen LogP contribution in [0.15, 0.2) is 24.3 Å². The van der Waals surface area contributed by atoms with Gasteiger partial charge in [0.05, 0.1) is 0 Å². The predicted octanol–water partition coefficient (Wildman–Crippen LogP) is 3.52. The van der Waals surface area contributed by atoms with E-state index in [-0.39, 0.29) is 11.6 Å². The van der Waals surface area contributed by atoms with E-state index in [1.165, 1.54) is 31.5 Å². The molecule has 2 N–H and O–H groups in total. The summed E-state index contributed by atoms with van der Waals surface area (Å²) in [6, 6.07) is 8.05. The first-order valence-electron chi connectivity index (χ1n) is 9.52. The minimum atomic E-state index is -0.133. The highest BCUT2D eigenvalue weighted by molar-refractivity contribution is 5.89. The fourth-order valence-corrected chi connectivity index (χ4v) is 3.66. The standard InChI is InChI=1S/C20H34N4O/c1-5-20(6-2,23(3)4)16-21-19(25)22-18-11-9-10-17(14-18)15-24-12-7-8-13-24/h9-11,14H,5-8,12-13,15-16H2,1-4H3,(H2,21,22,25). The number of hydrogen-bond donors (Lipinski definition) is 2. The van der Waals surface area contributed by atoms with E-state index in [1.54, 1.807) is 0 Å². The lowest BCUT2D eigenvalue weighted by molar-refractivity contribution is 0.138. The maximum atomic E-state index is 12.3. The van der Waals surface area contributed by atoms with Crippen LogP contribution in [-0.2, 0) is 6.54 Å². The molecule has 0 unspecified atom stereocenters. The maximum absolute atomic E-state index is 12.3. The van der Waals surface area contributed by atoms with Crippen molar-refractivity contribution in [3.8, 4) is 0 Å². The summed E-state index contributed by atoms with van der Waals surface area (Å²) in [5.41, 5.74) is 2.12. The summed E-state index contributed by atoms with van der Waals surface area (Å²) in [7, 11) is 4.16. The van der Waals surface area contributed by atoms with E-state index in [1.807, 2.05) is 12.1 Å². The quantitative estimate of drug-likeness (QED) is 0.757. The van der Waals surface area contributed by atoms with E-state index >= 15 is 0 Å². The molecule has 0 saturated carbocycles. The zero-order valence-electron chi connectivity index (χ0n) is 16.3. The highest BCUT2D eigenvalue weighted by Gasteiger charge is 2.28. The first-order valence-corrected chi connectivity index (χ1v) is 9.52. The molecule has 25 heavy (non-hydrogen) atoms. The Bertz CT molecular complexity index is 548. The van der Waals surface area contributed by atoms with Gasteiger partial charge in [0, 0.05) is 24.3 Å². The van der Waals surface area contributed by atoms with Crippen LogP contribution in [0, 0.1) is 0 Å². The molecule has 2 amide bonds. The van der Waals surface area contributed by atoms with Gasteiger partial charge in [-0.2, -0.15) is 0 Å². The van der Waals surface area contributed by atoms with Crippen molar-refractivity contribution in [2.45, 2.75) is 51.6 Å². The van der Waals surface area contributed by atoms with Crippen molar-refractivity contribution in [3.63, 3.8) is 0 Å². The molecule has 0 bridgehead atoms. The molecule has 140 valence electrons. The van der Waals surface area contributed by atoms with Gasteiger partial charge in [-0.15, -0.1) is 0 Å². The average Bonchev–Trinajstić information content (AvgIpc) is 3.09. The van der Waals surface area contributed by atoms with Gasteiger partial charge in [-0.25, -0.2) is 4.79 Å². The summed E-state index contributed by atoms with van der Waals surface area (Å²) in [4.78, 5) is 17.0. The van der Waals surface area contributed by atoms with Crippen molar-refractivity contribution < 1.29 is 4.79 Å². The second-order valence-electron chi connectivity index (χ2n) is 7.32. The zero-order valence-corrected chi connectivity index (χ0v) is 16.3.